The van der Waals surface area contributed by atoms with Gasteiger partial charge in [0, 0.05) is 44.4 Å². The van der Waals surface area contributed by atoms with Gasteiger partial charge in [-0.25, -0.2) is 4.98 Å². The minimum Gasteiger partial charge on any atom is -0.375 e. The summed E-state index contributed by atoms with van der Waals surface area (Å²) in [6, 6.07) is 8.83. The van der Waals surface area contributed by atoms with Crippen LogP contribution in [-0.2, 0) is 21.5 Å². The molecule has 0 radical (unpaired) electrons. The quantitative estimate of drug-likeness (QED) is 0.850. The van der Waals surface area contributed by atoms with E-state index >= 15 is 0 Å². The fourth-order valence-electron chi connectivity index (χ4n) is 4.53. The van der Waals surface area contributed by atoms with E-state index < -0.39 is 5.54 Å². The maximum Gasteiger partial charge on any atom is 0.253 e. The van der Waals surface area contributed by atoms with Crippen molar-refractivity contribution in [2.75, 3.05) is 33.4 Å². The van der Waals surface area contributed by atoms with Crippen molar-refractivity contribution in [3.63, 3.8) is 0 Å². The fraction of sp³-hybridized carbons (Fsp3) is 0.429. The number of hydrogen-bond donors (Lipinski definition) is 1. The molecule has 8 nitrogen and oxygen atoms in total. The number of H-pyrrole nitrogens is 1. The minimum absolute atomic E-state index is 0.0328. The summed E-state index contributed by atoms with van der Waals surface area (Å²) in [6.45, 7) is 1.66. The van der Waals surface area contributed by atoms with Gasteiger partial charge in [0.15, 0.2) is 0 Å². The predicted octanol–water partition coefficient (Wildman–Crippen LogP) is 1.44. The molecule has 0 saturated carbocycles. The second-order valence-electron chi connectivity index (χ2n) is 7.47. The van der Waals surface area contributed by atoms with Crippen LogP contribution in [-0.4, -0.2) is 64.9 Å². The number of piperidine rings is 1. The van der Waals surface area contributed by atoms with Crippen LogP contribution in [0.25, 0.3) is 0 Å². The van der Waals surface area contributed by atoms with Gasteiger partial charge >= 0.3 is 0 Å². The molecular formula is C21H23N5O3. The van der Waals surface area contributed by atoms with E-state index in [9.17, 15) is 9.59 Å². The van der Waals surface area contributed by atoms with Crippen LogP contribution in [0.15, 0.2) is 30.6 Å². The zero-order valence-electron chi connectivity index (χ0n) is 16.4. The average Bonchev–Trinajstić information content (AvgIpc) is 3.24. The highest BCUT2D eigenvalue weighted by Crippen LogP contribution is 2.42. The molecule has 1 spiro atoms. The van der Waals surface area contributed by atoms with Crippen LogP contribution in [0.5, 0.6) is 0 Å². The molecule has 2 aromatic rings. The van der Waals surface area contributed by atoms with Crippen LogP contribution < -0.4 is 0 Å². The molecule has 1 aromatic heterocycles. The Morgan fingerprint density at radius 2 is 2.10 bits per heavy atom. The fourth-order valence-corrected chi connectivity index (χ4v) is 4.53. The molecule has 150 valence electrons. The number of carbonyl (C=O) groups is 2. The van der Waals surface area contributed by atoms with Crippen LogP contribution >= 0.6 is 0 Å². The Balaban J connectivity index is 1.58. The Kier molecular flexibility index (Phi) is 5.07. The lowest BCUT2D eigenvalue weighted by Crippen LogP contribution is -2.59. The standard InChI is InChI=1S/C21H23N5O3/c1-29-13-18(27)26-8-5-17-19(24-14-23-17)21(26)6-9-25(10-7-21)20(28)16-4-2-3-15(11-16)12-22/h2-4,11,14H,5-10,13H2,1H3,(H,23,24). The summed E-state index contributed by atoms with van der Waals surface area (Å²) >= 11 is 0. The van der Waals surface area contributed by atoms with E-state index in [0.717, 1.165) is 17.8 Å². The number of nitrogens with one attached hydrogen (secondary N) is 1. The molecule has 0 aliphatic carbocycles. The van der Waals surface area contributed by atoms with Crippen molar-refractivity contribution in [1.29, 1.82) is 5.26 Å². The number of aromatic amines is 1. The zero-order valence-corrected chi connectivity index (χ0v) is 16.4. The summed E-state index contributed by atoms with van der Waals surface area (Å²) in [4.78, 5) is 37.1. The van der Waals surface area contributed by atoms with E-state index in [4.69, 9.17) is 10.00 Å². The summed E-state index contributed by atoms with van der Waals surface area (Å²) in [5.41, 5.74) is 2.43. The molecule has 1 aromatic carbocycles. The molecule has 2 amide bonds. The van der Waals surface area contributed by atoms with E-state index in [0.29, 0.717) is 43.6 Å². The largest absolute Gasteiger partial charge is 0.375 e. The van der Waals surface area contributed by atoms with E-state index in [-0.39, 0.29) is 18.4 Å². The highest BCUT2D eigenvalue weighted by molar-refractivity contribution is 5.94. The van der Waals surface area contributed by atoms with Crippen LogP contribution in [0, 0.1) is 11.3 Å². The number of nitrogens with zero attached hydrogens (tertiary/aromatic N) is 4. The van der Waals surface area contributed by atoms with Gasteiger partial charge in [-0.3, -0.25) is 9.59 Å². The number of fused-ring (bicyclic) bond motifs is 2. The van der Waals surface area contributed by atoms with Crippen molar-refractivity contribution in [2.24, 2.45) is 0 Å². The highest BCUT2D eigenvalue weighted by atomic mass is 16.5. The van der Waals surface area contributed by atoms with Gasteiger partial charge < -0.3 is 19.5 Å². The predicted molar refractivity (Wildman–Crippen MR) is 104 cm³/mol. The number of hydrogen-bond acceptors (Lipinski definition) is 5. The Morgan fingerprint density at radius 3 is 2.83 bits per heavy atom. The summed E-state index contributed by atoms with van der Waals surface area (Å²) in [5, 5.41) is 9.09. The first kappa shape index (κ1) is 19.2. The van der Waals surface area contributed by atoms with Gasteiger partial charge in [-0.1, -0.05) is 6.07 Å². The molecule has 0 unspecified atom stereocenters. The number of likely N-dealkylation sites (tertiary alicyclic amines) is 1. The number of rotatable bonds is 3. The zero-order chi connectivity index (χ0) is 20.4. The molecule has 1 fully saturated rings. The first-order valence-electron chi connectivity index (χ1n) is 9.70. The van der Waals surface area contributed by atoms with Gasteiger partial charge in [-0.2, -0.15) is 5.26 Å². The molecule has 4 rings (SSSR count). The molecule has 0 bridgehead atoms. The van der Waals surface area contributed by atoms with Crippen molar-refractivity contribution in [1.82, 2.24) is 19.8 Å². The Bertz CT molecular complexity index is 969. The normalized spacial score (nSPS) is 17.7. The van der Waals surface area contributed by atoms with Crippen molar-refractivity contribution in [3.8, 4) is 6.07 Å². The van der Waals surface area contributed by atoms with E-state index in [1.165, 1.54) is 7.11 Å². The van der Waals surface area contributed by atoms with Crippen LogP contribution in [0.1, 0.15) is 40.2 Å². The monoisotopic (exact) mass is 393 g/mol. The molecule has 0 atom stereocenters. The number of methoxy groups -OCH3 is 1. The third-order valence-corrected chi connectivity index (χ3v) is 5.95. The molecule has 3 heterocycles. The number of imidazole rings is 1. The number of nitriles is 1. The van der Waals surface area contributed by atoms with Crippen LogP contribution in [0.3, 0.4) is 0 Å². The van der Waals surface area contributed by atoms with E-state index in [1.807, 2.05) is 4.90 Å². The molecule has 1 N–H and O–H groups in total. The number of benzene rings is 1. The molecule has 2 aliphatic heterocycles. The summed E-state index contributed by atoms with van der Waals surface area (Å²) in [5.74, 6) is -0.146. The van der Waals surface area contributed by atoms with Crippen LogP contribution in [0.2, 0.25) is 0 Å². The van der Waals surface area contributed by atoms with Crippen LogP contribution in [0.4, 0.5) is 0 Å². The molecule has 1 saturated heterocycles. The van der Waals surface area contributed by atoms with Gasteiger partial charge in [0.05, 0.1) is 29.2 Å². The SMILES string of the molecule is COCC(=O)N1CCc2[nH]cnc2C12CCN(C(=O)c1cccc(C#N)c1)CC2. The topological polar surface area (TPSA) is 102 Å². The Morgan fingerprint density at radius 1 is 1.31 bits per heavy atom. The molecule has 2 aliphatic rings. The average molecular weight is 393 g/mol. The van der Waals surface area contributed by atoms with Gasteiger partial charge in [0.25, 0.3) is 5.91 Å². The van der Waals surface area contributed by atoms with Gasteiger partial charge in [0.1, 0.15) is 6.61 Å². The van der Waals surface area contributed by atoms with Crippen molar-refractivity contribution < 1.29 is 14.3 Å². The highest BCUT2D eigenvalue weighted by Gasteiger charge is 2.49. The second-order valence-corrected chi connectivity index (χ2v) is 7.47. The lowest BCUT2D eigenvalue weighted by molar-refractivity contribution is -0.145. The second kappa shape index (κ2) is 7.68. The smallest absolute Gasteiger partial charge is 0.253 e. The Labute approximate surface area is 169 Å². The summed E-state index contributed by atoms with van der Waals surface area (Å²) in [7, 11) is 1.52. The third-order valence-electron chi connectivity index (χ3n) is 5.95. The molecule has 29 heavy (non-hydrogen) atoms. The maximum atomic E-state index is 12.9. The lowest BCUT2D eigenvalue weighted by Gasteiger charge is -2.50. The van der Waals surface area contributed by atoms with E-state index in [1.54, 1.807) is 35.5 Å². The Hall–Kier alpha value is -3.18. The first-order chi connectivity index (χ1) is 14.1. The minimum atomic E-state index is -0.519. The number of ether oxygens (including phenoxy) is 1. The van der Waals surface area contributed by atoms with Gasteiger partial charge in [0.2, 0.25) is 5.91 Å². The maximum absolute atomic E-state index is 12.9. The third kappa shape index (κ3) is 3.28. The summed E-state index contributed by atoms with van der Waals surface area (Å²) < 4.78 is 5.09. The lowest BCUT2D eigenvalue weighted by atomic mass is 9.78. The molecular weight excluding hydrogens is 370 g/mol. The molecule has 8 heteroatoms. The van der Waals surface area contributed by atoms with Crippen molar-refractivity contribution in [2.45, 2.75) is 24.8 Å². The summed E-state index contributed by atoms with van der Waals surface area (Å²) in [6.07, 6.45) is 3.64. The van der Waals surface area contributed by atoms with Gasteiger partial charge in [-0.15, -0.1) is 0 Å². The van der Waals surface area contributed by atoms with Crippen molar-refractivity contribution >= 4 is 11.8 Å². The van der Waals surface area contributed by atoms with Crippen molar-refractivity contribution in [3.05, 3.63) is 53.1 Å². The number of carbonyl (C=O) groups excluding carboxylic acids is 2. The first-order valence-corrected chi connectivity index (χ1v) is 9.70. The number of amides is 2. The van der Waals surface area contributed by atoms with Gasteiger partial charge in [-0.05, 0) is 31.0 Å². The number of aromatic nitrogens is 2. The van der Waals surface area contributed by atoms with E-state index in [2.05, 4.69) is 16.0 Å².